The number of oxime groups is 1. The normalized spacial score (nSPS) is 15.7. The van der Waals surface area contributed by atoms with Gasteiger partial charge >= 0.3 is 0 Å². The summed E-state index contributed by atoms with van der Waals surface area (Å²) in [6.45, 7) is 4.01. The van der Waals surface area contributed by atoms with E-state index in [9.17, 15) is 14.0 Å². The van der Waals surface area contributed by atoms with E-state index in [1.807, 2.05) is 0 Å². The summed E-state index contributed by atoms with van der Waals surface area (Å²) in [6.07, 6.45) is 5.49. The zero-order valence-electron chi connectivity index (χ0n) is 13.0. The van der Waals surface area contributed by atoms with Crippen LogP contribution in [0.3, 0.4) is 0 Å². The van der Waals surface area contributed by atoms with Crippen LogP contribution in [-0.4, -0.2) is 24.8 Å². The maximum absolute atomic E-state index is 13.7. The minimum absolute atomic E-state index is 0.0494. The largest absolute Gasteiger partial charge is 0.489 e. The first kappa shape index (κ1) is 19.1. The van der Waals surface area contributed by atoms with Crippen molar-refractivity contribution < 1.29 is 18.7 Å². The molecule has 0 radical (unpaired) electrons. The Balaban J connectivity index is 2.10. The number of hydrogen-bond acceptors (Lipinski definition) is 4. The molecule has 0 bridgehead atoms. The van der Waals surface area contributed by atoms with Crippen LogP contribution >= 0.6 is 32.5 Å². The van der Waals surface area contributed by atoms with Crippen molar-refractivity contribution in [1.82, 2.24) is 0 Å². The molecule has 1 N–H and O–H groups in total. The molecule has 2 rings (SSSR count). The molecular formula is C17H18F2INO2S. The Morgan fingerprint density at radius 3 is 2.96 bits per heavy atom. The third-order valence-corrected chi connectivity index (χ3v) is 7.41. The lowest BCUT2D eigenvalue weighted by atomic mass is 10.2. The molecule has 0 fully saturated rings. The number of alkyl halides is 1. The first-order valence-electron chi connectivity index (χ1n) is 7.34. The molecule has 7 heteroatoms. The number of benzene rings is 1. The number of thioether (sulfide) groups is 1. The highest BCUT2D eigenvalue weighted by Gasteiger charge is 2.14. The van der Waals surface area contributed by atoms with Gasteiger partial charge in [-0.25, -0.2) is 8.78 Å². The average Bonchev–Trinajstić information content (AvgIpc) is 3.12. The molecule has 0 saturated heterocycles. The molecule has 0 aromatic heterocycles. The van der Waals surface area contributed by atoms with Crippen molar-refractivity contribution in [3.8, 4) is 0 Å². The van der Waals surface area contributed by atoms with Crippen LogP contribution in [-0.2, 0) is 10.5 Å². The fourth-order valence-electron chi connectivity index (χ4n) is 2.03. The van der Waals surface area contributed by atoms with Crippen molar-refractivity contribution in [2.75, 3.05) is 11.0 Å². The fourth-order valence-corrected chi connectivity index (χ4v) is 5.67. The van der Waals surface area contributed by atoms with Crippen LogP contribution in [0, 0.1) is 11.6 Å². The Labute approximate surface area is 154 Å². The van der Waals surface area contributed by atoms with E-state index in [2.05, 4.69) is 11.7 Å². The van der Waals surface area contributed by atoms with Crippen LogP contribution in [0.5, 0.6) is 0 Å². The summed E-state index contributed by atoms with van der Waals surface area (Å²) in [5.41, 5.74) is 0.226. The van der Waals surface area contributed by atoms with Crippen LogP contribution in [0.15, 0.2) is 47.8 Å². The molecule has 1 aliphatic heterocycles. The molecule has 0 spiro atoms. The predicted octanol–water partition coefficient (Wildman–Crippen LogP) is 5.01. The van der Waals surface area contributed by atoms with Crippen molar-refractivity contribution in [3.63, 3.8) is 0 Å². The molecule has 130 valence electrons. The Bertz CT molecular complexity index is 689. The standard InChI is InChI=1S/C17H18F2INO2S/c1-2-9-23-15(14-7-4-8-20-14)10-16(21-22)24-11-12-5-3-6-13(18)17(12)19/h2-3,5-6,10,22H,1,4,7-9,11H2/b15-10+,21-16-. The Morgan fingerprint density at radius 1 is 1.46 bits per heavy atom. The minimum Gasteiger partial charge on any atom is -0.489 e. The molecule has 0 atom stereocenters. The number of nitrogens with zero attached hydrogens (tertiary/aromatic N) is 1. The lowest BCUT2D eigenvalue weighted by Crippen LogP contribution is -2.05. The van der Waals surface area contributed by atoms with Crippen molar-refractivity contribution in [1.29, 1.82) is 0 Å². The zero-order valence-corrected chi connectivity index (χ0v) is 15.9. The van der Waals surface area contributed by atoms with E-state index < -0.39 is 11.6 Å². The van der Waals surface area contributed by atoms with Gasteiger partial charge in [0.1, 0.15) is 17.4 Å². The van der Waals surface area contributed by atoms with Gasteiger partial charge in [0.25, 0.3) is 0 Å². The molecule has 0 amide bonds. The quantitative estimate of drug-likeness (QED) is 0.0900. The van der Waals surface area contributed by atoms with Gasteiger partial charge in [-0.2, -0.15) is 0 Å². The van der Waals surface area contributed by atoms with E-state index in [1.165, 1.54) is 20.1 Å². The molecule has 0 unspecified atom stereocenters. The second kappa shape index (κ2) is 9.93. The zero-order chi connectivity index (χ0) is 17.4. The van der Waals surface area contributed by atoms with Gasteiger partial charge in [-0.3, -0.25) is 0 Å². The molecule has 1 aliphatic rings. The van der Waals surface area contributed by atoms with Crippen LogP contribution in [0.25, 0.3) is 0 Å². The molecule has 1 heterocycles. The Morgan fingerprint density at radius 2 is 2.29 bits per heavy atom. The third-order valence-electron chi connectivity index (χ3n) is 3.17. The smallest absolute Gasteiger partial charge is 0.162 e. The van der Waals surface area contributed by atoms with Gasteiger partial charge in [0.15, 0.2) is 11.6 Å². The lowest BCUT2D eigenvalue weighted by molar-refractivity contribution is 0.269. The molecule has 1 aromatic carbocycles. The maximum Gasteiger partial charge on any atom is 0.162 e. The van der Waals surface area contributed by atoms with E-state index in [4.69, 9.17) is 4.74 Å². The monoisotopic (exact) mass is 465 g/mol. The van der Waals surface area contributed by atoms with E-state index in [0.717, 1.165) is 36.4 Å². The number of halogens is 3. The molecule has 0 saturated carbocycles. The Hall–Kier alpha value is -1.22. The van der Waals surface area contributed by atoms with Crippen LogP contribution in [0.1, 0.15) is 18.4 Å². The van der Waals surface area contributed by atoms with Crippen molar-refractivity contribution >= 4 is 41.0 Å². The van der Waals surface area contributed by atoms with E-state index in [-0.39, 0.29) is 32.0 Å². The minimum atomic E-state index is -0.882. The van der Waals surface area contributed by atoms with Crippen LogP contribution in [0.2, 0.25) is 0 Å². The highest BCUT2D eigenvalue weighted by atomic mass is 127. The summed E-state index contributed by atoms with van der Waals surface area (Å²) in [7, 11) is 0. The van der Waals surface area contributed by atoms with Gasteiger partial charge in [-0.05, 0) is 23.3 Å². The van der Waals surface area contributed by atoms with Gasteiger partial charge in [0.2, 0.25) is 0 Å². The summed E-state index contributed by atoms with van der Waals surface area (Å²) in [5.74, 6) is -0.864. The average molecular weight is 465 g/mol. The van der Waals surface area contributed by atoms with Crippen molar-refractivity contribution in [2.45, 2.75) is 18.6 Å². The SMILES string of the molecule is C=CCO/C(=C/C(=N/O)SCc1cccc(F)c1F)C1=ICCC1. The summed E-state index contributed by atoms with van der Waals surface area (Å²) < 4.78 is 35.1. The number of hydrogen-bond donors (Lipinski definition) is 1. The Kier molecular flexibility index (Phi) is 7.90. The highest BCUT2D eigenvalue weighted by molar-refractivity contribution is 14.2. The van der Waals surface area contributed by atoms with Gasteiger partial charge in [-0.1, -0.05) is 41.7 Å². The summed E-state index contributed by atoms with van der Waals surface area (Å²) in [4.78, 5) is 0. The summed E-state index contributed by atoms with van der Waals surface area (Å²) >= 11 is 1.08. The van der Waals surface area contributed by atoms with Crippen molar-refractivity contribution in [2.24, 2.45) is 5.16 Å². The van der Waals surface area contributed by atoms with E-state index in [0.29, 0.717) is 11.7 Å². The van der Waals surface area contributed by atoms with Gasteiger partial charge in [0, 0.05) is 20.9 Å². The van der Waals surface area contributed by atoms with Gasteiger partial charge in [-0.15, -0.1) is 20.7 Å². The maximum atomic E-state index is 13.7. The molecule has 3 nitrogen and oxygen atoms in total. The molecule has 1 aromatic rings. The van der Waals surface area contributed by atoms with Crippen LogP contribution in [0.4, 0.5) is 8.78 Å². The lowest BCUT2D eigenvalue weighted by Gasteiger charge is -2.10. The van der Waals surface area contributed by atoms with Crippen molar-refractivity contribution in [3.05, 3.63) is 59.9 Å². The number of ether oxygens (including phenoxy) is 1. The number of allylic oxidation sites excluding steroid dienone is 1. The fraction of sp³-hybridized carbons (Fsp3) is 0.294. The summed E-state index contributed by atoms with van der Waals surface area (Å²) in [6, 6.07) is 4.04. The second-order valence-electron chi connectivity index (χ2n) is 4.88. The summed E-state index contributed by atoms with van der Waals surface area (Å²) in [5, 5.41) is 12.8. The van der Waals surface area contributed by atoms with Crippen LogP contribution < -0.4 is 0 Å². The molecule has 0 aliphatic carbocycles. The van der Waals surface area contributed by atoms with Gasteiger partial charge < -0.3 is 9.94 Å². The molecule has 24 heavy (non-hydrogen) atoms. The molecular weight excluding hydrogens is 447 g/mol. The first-order chi connectivity index (χ1) is 11.7. The first-order valence-corrected chi connectivity index (χ1v) is 10.9. The predicted molar refractivity (Wildman–Crippen MR) is 104 cm³/mol. The topological polar surface area (TPSA) is 41.8 Å². The van der Waals surface area contributed by atoms with E-state index >= 15 is 0 Å². The van der Waals surface area contributed by atoms with E-state index in [1.54, 1.807) is 12.2 Å². The number of rotatable bonds is 7. The highest BCUT2D eigenvalue weighted by Crippen LogP contribution is 2.25. The third kappa shape index (κ3) is 5.41. The van der Waals surface area contributed by atoms with Gasteiger partial charge in [0.05, 0.1) is 0 Å². The second-order valence-corrected chi connectivity index (χ2v) is 9.02.